The zero-order valence-electron chi connectivity index (χ0n) is 25.9. The van der Waals surface area contributed by atoms with Crippen LogP contribution in [-0.4, -0.2) is 111 Å². The maximum absolute atomic E-state index is 12.9. The second-order valence-electron chi connectivity index (χ2n) is 11.9. The van der Waals surface area contributed by atoms with Crippen LogP contribution in [0.1, 0.15) is 55.3 Å². The molecule has 3 aromatic rings. The van der Waals surface area contributed by atoms with Crippen LogP contribution >= 0.6 is 0 Å². The highest BCUT2D eigenvalue weighted by Gasteiger charge is 2.33. The van der Waals surface area contributed by atoms with Crippen molar-refractivity contribution >= 4 is 29.5 Å². The number of carboxylic acid groups (broad SMARTS) is 1. The van der Waals surface area contributed by atoms with Gasteiger partial charge in [0.05, 0.1) is 12.2 Å². The Bertz CT molecular complexity index is 1480. The fourth-order valence-electron chi connectivity index (χ4n) is 5.56. The first kappa shape index (κ1) is 31.2. The number of aromatic nitrogens is 4. The minimum Gasteiger partial charge on any atom is -0.465 e. The van der Waals surface area contributed by atoms with Crippen molar-refractivity contribution in [2.75, 3.05) is 64.1 Å². The summed E-state index contributed by atoms with van der Waals surface area (Å²) in [6.45, 7) is 7.63. The summed E-state index contributed by atoms with van der Waals surface area (Å²) in [5.41, 5.74) is 3.57. The molecule has 0 saturated carbocycles. The molecule has 4 heterocycles. The summed E-state index contributed by atoms with van der Waals surface area (Å²) in [5.74, 6) is 1.24. The summed E-state index contributed by atoms with van der Waals surface area (Å²) in [6, 6.07) is 7.58. The van der Waals surface area contributed by atoms with E-state index in [2.05, 4.69) is 29.6 Å². The molecule has 1 unspecified atom stereocenters. The van der Waals surface area contributed by atoms with E-state index in [1.54, 1.807) is 15.5 Å². The van der Waals surface area contributed by atoms with Gasteiger partial charge in [-0.2, -0.15) is 19.6 Å². The van der Waals surface area contributed by atoms with Gasteiger partial charge in [0.1, 0.15) is 0 Å². The van der Waals surface area contributed by atoms with Gasteiger partial charge in [-0.3, -0.25) is 9.69 Å². The molecular weight excluding hydrogens is 562 g/mol. The third kappa shape index (κ3) is 7.45. The van der Waals surface area contributed by atoms with E-state index < -0.39 is 12.1 Å². The fraction of sp³-hybridized carbons (Fsp3) is 0.516. The number of nitrogens with zero attached hydrogens (tertiary/aromatic N) is 7. The highest BCUT2D eigenvalue weighted by atomic mass is 16.5. The first-order chi connectivity index (χ1) is 21.2. The maximum Gasteiger partial charge on any atom is 0.407 e. The van der Waals surface area contributed by atoms with Crippen molar-refractivity contribution in [1.82, 2.24) is 34.3 Å². The van der Waals surface area contributed by atoms with Crippen LogP contribution in [0.3, 0.4) is 0 Å². The van der Waals surface area contributed by atoms with Crippen LogP contribution < -0.4 is 10.6 Å². The van der Waals surface area contributed by atoms with Gasteiger partial charge in [0.15, 0.2) is 5.65 Å². The normalized spacial score (nSPS) is 18.1. The number of benzene rings is 1. The van der Waals surface area contributed by atoms with Crippen LogP contribution in [0.25, 0.3) is 5.65 Å². The van der Waals surface area contributed by atoms with Gasteiger partial charge in [-0.05, 0) is 44.0 Å². The van der Waals surface area contributed by atoms with Gasteiger partial charge in [-0.15, -0.1) is 0 Å². The van der Waals surface area contributed by atoms with Crippen LogP contribution in [0.4, 0.5) is 16.7 Å². The second-order valence-corrected chi connectivity index (χ2v) is 11.9. The number of carbonyl (C=O) groups is 2. The quantitative estimate of drug-likeness (QED) is 0.295. The number of nitrogens with one attached hydrogen (secondary N) is 2. The van der Waals surface area contributed by atoms with Crippen LogP contribution in [0.2, 0.25) is 0 Å². The lowest BCUT2D eigenvalue weighted by Crippen LogP contribution is -2.51. The summed E-state index contributed by atoms with van der Waals surface area (Å²) in [6.07, 6.45) is 6.02. The van der Waals surface area contributed by atoms with Crippen molar-refractivity contribution in [3.63, 3.8) is 0 Å². The number of hydrogen-bond acceptors (Lipinski definition) is 9. The fourth-order valence-corrected chi connectivity index (χ4v) is 5.56. The Morgan fingerprint density at radius 1 is 1.18 bits per heavy atom. The Morgan fingerprint density at radius 2 is 1.98 bits per heavy atom. The number of carbonyl (C=O) groups excluding carboxylic acids is 1. The molecule has 2 aliphatic rings. The van der Waals surface area contributed by atoms with Gasteiger partial charge < -0.3 is 30.3 Å². The van der Waals surface area contributed by atoms with E-state index >= 15 is 0 Å². The lowest BCUT2D eigenvalue weighted by Gasteiger charge is -2.40. The second kappa shape index (κ2) is 14.0. The molecule has 2 aliphatic heterocycles. The molecule has 44 heavy (non-hydrogen) atoms. The monoisotopic (exact) mass is 605 g/mol. The van der Waals surface area contributed by atoms with Crippen molar-refractivity contribution in [3.05, 3.63) is 59.3 Å². The summed E-state index contributed by atoms with van der Waals surface area (Å²) in [5, 5.41) is 21.5. The highest BCUT2D eigenvalue weighted by molar-refractivity contribution is 5.88. The van der Waals surface area contributed by atoms with Crippen LogP contribution in [0.5, 0.6) is 0 Å². The number of anilines is 2. The van der Waals surface area contributed by atoms with Crippen LogP contribution in [0.15, 0.2) is 42.6 Å². The number of ether oxygens (including phenoxy) is 1. The molecular formula is C31H43N9O4. The summed E-state index contributed by atoms with van der Waals surface area (Å²) >= 11 is 0. The minimum atomic E-state index is -0.999. The van der Waals surface area contributed by atoms with E-state index in [0.717, 1.165) is 35.2 Å². The van der Waals surface area contributed by atoms with E-state index in [-0.39, 0.29) is 31.0 Å². The molecule has 5 rings (SSSR count). The lowest BCUT2D eigenvalue weighted by molar-refractivity contribution is -0.128. The minimum absolute atomic E-state index is 0.113. The Morgan fingerprint density at radius 3 is 2.70 bits per heavy atom. The van der Waals surface area contributed by atoms with Crippen molar-refractivity contribution in [1.29, 1.82) is 0 Å². The first-order valence-corrected chi connectivity index (χ1v) is 15.2. The molecule has 2 amide bonds. The lowest BCUT2D eigenvalue weighted by atomic mass is 10.00. The van der Waals surface area contributed by atoms with Gasteiger partial charge in [-0.25, -0.2) is 4.79 Å². The largest absolute Gasteiger partial charge is 0.465 e. The predicted octanol–water partition coefficient (Wildman–Crippen LogP) is 3.43. The molecule has 236 valence electrons. The van der Waals surface area contributed by atoms with E-state index in [0.29, 0.717) is 44.7 Å². The van der Waals surface area contributed by atoms with E-state index in [1.165, 1.54) is 4.90 Å². The van der Waals surface area contributed by atoms with Gasteiger partial charge in [0.25, 0.3) is 0 Å². The Balaban J connectivity index is 1.35. The number of likely N-dealkylation sites (N-methyl/N-ethyl adjacent to an activating group) is 1. The first-order valence-electron chi connectivity index (χ1n) is 15.2. The van der Waals surface area contributed by atoms with Crippen LogP contribution in [-0.2, 0) is 16.1 Å². The van der Waals surface area contributed by atoms with Crippen LogP contribution in [0, 0.1) is 0 Å². The average molecular weight is 606 g/mol. The summed E-state index contributed by atoms with van der Waals surface area (Å²) in [7, 11) is 3.87. The van der Waals surface area contributed by atoms with Crippen molar-refractivity contribution in [3.8, 4) is 0 Å². The molecule has 0 bridgehead atoms. The number of rotatable bonds is 10. The smallest absolute Gasteiger partial charge is 0.407 e. The summed E-state index contributed by atoms with van der Waals surface area (Å²) in [4.78, 5) is 39.7. The van der Waals surface area contributed by atoms with Gasteiger partial charge in [0, 0.05) is 63.6 Å². The maximum atomic E-state index is 12.9. The highest BCUT2D eigenvalue weighted by Crippen LogP contribution is 2.28. The summed E-state index contributed by atoms with van der Waals surface area (Å²) < 4.78 is 7.24. The molecule has 2 saturated heterocycles. The Hall–Kier alpha value is -4.23. The molecule has 3 N–H and O–H groups in total. The molecule has 0 radical (unpaired) electrons. The van der Waals surface area contributed by atoms with Crippen molar-refractivity contribution in [2.45, 2.75) is 51.2 Å². The molecule has 13 heteroatoms. The SMILES string of the molecule is CC(C)c1cnn2c(NCc3cccc(C4CN(C(=O)C=CCN(C)C)CCN4C(=O)O)c3)nc(NC3CCOCC3)nc12. The molecule has 0 aliphatic carbocycles. The predicted molar refractivity (Wildman–Crippen MR) is 168 cm³/mol. The molecule has 1 aromatic carbocycles. The Labute approximate surface area is 257 Å². The molecule has 13 nitrogen and oxygen atoms in total. The van der Waals surface area contributed by atoms with Gasteiger partial charge in [-0.1, -0.05) is 44.2 Å². The number of piperazine rings is 1. The van der Waals surface area contributed by atoms with E-state index in [4.69, 9.17) is 14.7 Å². The third-order valence-electron chi connectivity index (χ3n) is 8.03. The zero-order valence-corrected chi connectivity index (χ0v) is 25.9. The number of fused-ring (bicyclic) bond motifs is 1. The van der Waals surface area contributed by atoms with Gasteiger partial charge >= 0.3 is 6.09 Å². The topological polar surface area (TPSA) is 140 Å². The van der Waals surface area contributed by atoms with E-state index in [9.17, 15) is 14.7 Å². The van der Waals surface area contributed by atoms with Gasteiger partial charge in [0.2, 0.25) is 17.8 Å². The number of hydrogen-bond donors (Lipinski definition) is 3. The zero-order chi connectivity index (χ0) is 31.2. The molecule has 2 fully saturated rings. The van der Waals surface area contributed by atoms with Crippen molar-refractivity contribution in [2.24, 2.45) is 0 Å². The van der Waals surface area contributed by atoms with E-state index in [1.807, 2.05) is 55.5 Å². The van der Waals surface area contributed by atoms with Crippen molar-refractivity contribution < 1.29 is 19.4 Å². The third-order valence-corrected chi connectivity index (χ3v) is 8.03. The molecule has 1 atom stereocenters. The molecule has 0 spiro atoms. The standard InChI is InChI=1S/C31H43N9O4/c1-21(2)25-19-33-40-28(25)35-29(34-24-10-15-44-16-11-24)36-30(40)32-18-22-7-5-8-23(17-22)26-20-38(13-14-39(26)31(42)43)27(41)9-6-12-37(3)4/h5-9,17,19,21,24,26H,10-16,18,20H2,1-4H3,(H,42,43)(H2,32,34,35,36). The molecule has 2 aromatic heterocycles. The average Bonchev–Trinajstić information content (AvgIpc) is 3.44. The Kier molecular flexibility index (Phi) is 9.95. The number of amides is 2.